The Morgan fingerprint density at radius 2 is 1.85 bits per heavy atom. The maximum atomic E-state index is 13.0. The summed E-state index contributed by atoms with van der Waals surface area (Å²) in [7, 11) is 0. The number of rotatable bonds is 5. The summed E-state index contributed by atoms with van der Waals surface area (Å²) in [5.74, 6) is -0.820. The van der Waals surface area contributed by atoms with E-state index < -0.39 is 0 Å². The van der Waals surface area contributed by atoms with Gasteiger partial charge in [-0.05, 0) is 55.3 Å². The minimum absolute atomic E-state index is 0.138. The molecule has 0 saturated heterocycles. The Morgan fingerprint density at radius 1 is 1.07 bits per heavy atom. The third-order valence-corrected chi connectivity index (χ3v) is 5.01. The van der Waals surface area contributed by atoms with Crippen LogP contribution < -0.4 is 10.6 Å². The average molecular weight is 381 g/mol. The molecular weight excluding hydrogens is 365 g/mol. The van der Waals surface area contributed by atoms with Crippen molar-refractivity contribution in [2.24, 2.45) is 0 Å². The Bertz CT molecular complexity index is 996. The number of nitrogens with zero attached hydrogens (tertiary/aromatic N) is 1. The SMILES string of the molecule is O=C(NC1CC1)c1cccc(NC(=O)c2csc(-c3ccc(F)cc3)n2)c1. The van der Waals surface area contributed by atoms with Crippen molar-refractivity contribution in [3.8, 4) is 10.6 Å². The Hall–Kier alpha value is -3.06. The largest absolute Gasteiger partial charge is 0.349 e. The van der Waals surface area contributed by atoms with Gasteiger partial charge in [-0.3, -0.25) is 9.59 Å². The first-order valence-electron chi connectivity index (χ1n) is 8.52. The van der Waals surface area contributed by atoms with Crippen molar-refractivity contribution in [2.75, 3.05) is 5.32 Å². The number of aromatic nitrogens is 1. The van der Waals surface area contributed by atoms with Gasteiger partial charge < -0.3 is 10.6 Å². The molecule has 7 heteroatoms. The fraction of sp³-hybridized carbons (Fsp3) is 0.150. The summed E-state index contributed by atoms with van der Waals surface area (Å²) in [6.45, 7) is 0. The number of halogens is 1. The van der Waals surface area contributed by atoms with Crippen molar-refractivity contribution in [3.63, 3.8) is 0 Å². The van der Waals surface area contributed by atoms with Crippen LogP contribution in [0.1, 0.15) is 33.7 Å². The summed E-state index contributed by atoms with van der Waals surface area (Å²) in [6, 6.07) is 13.0. The summed E-state index contributed by atoms with van der Waals surface area (Å²) >= 11 is 1.31. The standard InChI is InChI=1S/C20H16FN3O2S/c21-14-6-4-12(5-7-14)20-24-17(11-27-20)19(26)23-16-3-1-2-13(10-16)18(25)22-15-8-9-15/h1-7,10-11,15H,8-9H2,(H,22,25)(H,23,26). The van der Waals surface area contributed by atoms with E-state index in [-0.39, 0.29) is 29.4 Å². The molecule has 0 unspecified atom stereocenters. The van der Waals surface area contributed by atoms with E-state index in [0.717, 1.165) is 18.4 Å². The Morgan fingerprint density at radius 3 is 2.59 bits per heavy atom. The van der Waals surface area contributed by atoms with Gasteiger partial charge in [-0.1, -0.05) is 6.07 Å². The van der Waals surface area contributed by atoms with Crippen molar-refractivity contribution in [1.82, 2.24) is 10.3 Å². The zero-order chi connectivity index (χ0) is 18.8. The topological polar surface area (TPSA) is 71.1 Å². The van der Waals surface area contributed by atoms with Crippen molar-refractivity contribution in [1.29, 1.82) is 0 Å². The van der Waals surface area contributed by atoms with Crippen LogP contribution in [-0.2, 0) is 0 Å². The highest BCUT2D eigenvalue weighted by molar-refractivity contribution is 7.13. The van der Waals surface area contributed by atoms with E-state index in [1.165, 1.54) is 23.5 Å². The minimum Gasteiger partial charge on any atom is -0.349 e. The molecule has 27 heavy (non-hydrogen) atoms. The second-order valence-corrected chi connectivity index (χ2v) is 7.19. The number of hydrogen-bond donors (Lipinski definition) is 2. The first kappa shape index (κ1) is 17.4. The predicted octanol–water partition coefficient (Wildman–Crippen LogP) is 4.09. The lowest BCUT2D eigenvalue weighted by molar-refractivity contribution is 0.0949. The number of amides is 2. The Kier molecular flexibility index (Phi) is 4.68. The van der Waals surface area contributed by atoms with Crippen LogP contribution in [0.2, 0.25) is 0 Å². The molecule has 4 rings (SSSR count). The third kappa shape index (κ3) is 4.20. The summed E-state index contributed by atoms with van der Waals surface area (Å²) in [6.07, 6.45) is 2.03. The molecule has 2 N–H and O–H groups in total. The number of hydrogen-bond acceptors (Lipinski definition) is 4. The molecule has 0 aliphatic heterocycles. The molecule has 3 aromatic rings. The lowest BCUT2D eigenvalue weighted by atomic mass is 10.2. The van der Waals surface area contributed by atoms with Crippen molar-refractivity contribution in [3.05, 3.63) is 71.0 Å². The minimum atomic E-state index is -0.362. The number of nitrogens with one attached hydrogen (secondary N) is 2. The van der Waals surface area contributed by atoms with Crippen molar-refractivity contribution in [2.45, 2.75) is 18.9 Å². The second-order valence-electron chi connectivity index (χ2n) is 6.33. The van der Waals surface area contributed by atoms with Crippen LogP contribution in [0.5, 0.6) is 0 Å². The highest BCUT2D eigenvalue weighted by atomic mass is 32.1. The number of thiazole rings is 1. The normalized spacial score (nSPS) is 13.2. The maximum Gasteiger partial charge on any atom is 0.275 e. The molecule has 1 aliphatic rings. The maximum absolute atomic E-state index is 13.0. The van der Waals surface area contributed by atoms with Crippen LogP contribution in [-0.4, -0.2) is 22.8 Å². The predicted molar refractivity (Wildman–Crippen MR) is 102 cm³/mol. The molecule has 2 amide bonds. The molecular formula is C20H16FN3O2S. The fourth-order valence-electron chi connectivity index (χ4n) is 2.53. The van der Waals surface area contributed by atoms with E-state index in [0.29, 0.717) is 16.3 Å². The number of benzene rings is 2. The molecule has 1 heterocycles. The molecule has 0 bridgehead atoms. The second kappa shape index (κ2) is 7.28. The van der Waals surface area contributed by atoms with Crippen molar-refractivity contribution < 1.29 is 14.0 Å². The van der Waals surface area contributed by atoms with Gasteiger partial charge in [0.15, 0.2) is 0 Å². The third-order valence-electron chi connectivity index (χ3n) is 4.12. The molecule has 1 fully saturated rings. The fourth-order valence-corrected chi connectivity index (χ4v) is 3.34. The molecule has 0 spiro atoms. The van der Waals surface area contributed by atoms with Gasteiger partial charge in [0.25, 0.3) is 11.8 Å². The summed E-state index contributed by atoms with van der Waals surface area (Å²) in [4.78, 5) is 28.9. The number of carbonyl (C=O) groups is 2. The lowest BCUT2D eigenvalue weighted by Gasteiger charge is -2.07. The molecule has 136 valence electrons. The van der Waals surface area contributed by atoms with E-state index in [2.05, 4.69) is 15.6 Å². The van der Waals surface area contributed by atoms with E-state index in [1.54, 1.807) is 41.8 Å². The first-order valence-corrected chi connectivity index (χ1v) is 9.40. The quantitative estimate of drug-likeness (QED) is 0.699. The first-order chi connectivity index (χ1) is 13.1. The van der Waals surface area contributed by atoms with Gasteiger partial charge in [0.1, 0.15) is 16.5 Å². The van der Waals surface area contributed by atoms with Gasteiger partial charge in [0.05, 0.1) is 0 Å². The molecule has 2 aromatic carbocycles. The van der Waals surface area contributed by atoms with Crippen LogP contribution in [0.4, 0.5) is 10.1 Å². The highest BCUT2D eigenvalue weighted by Crippen LogP contribution is 2.24. The molecule has 1 aliphatic carbocycles. The van der Waals surface area contributed by atoms with Crippen LogP contribution >= 0.6 is 11.3 Å². The summed E-state index contributed by atoms with van der Waals surface area (Å²) in [5.41, 5.74) is 2.05. The Balaban J connectivity index is 1.46. The van der Waals surface area contributed by atoms with Crippen LogP contribution in [0.15, 0.2) is 53.9 Å². The zero-order valence-electron chi connectivity index (χ0n) is 14.2. The van der Waals surface area contributed by atoms with Gasteiger partial charge in [-0.2, -0.15) is 0 Å². The molecule has 0 radical (unpaired) electrons. The Labute approximate surface area is 159 Å². The van der Waals surface area contributed by atoms with E-state index >= 15 is 0 Å². The average Bonchev–Trinajstić information content (AvgIpc) is 3.34. The molecule has 0 atom stereocenters. The number of carbonyl (C=O) groups excluding carboxylic acids is 2. The van der Waals surface area contributed by atoms with E-state index in [4.69, 9.17) is 0 Å². The zero-order valence-corrected chi connectivity index (χ0v) is 15.1. The monoisotopic (exact) mass is 381 g/mol. The highest BCUT2D eigenvalue weighted by Gasteiger charge is 2.24. The molecule has 1 aromatic heterocycles. The molecule has 5 nitrogen and oxygen atoms in total. The van der Waals surface area contributed by atoms with Gasteiger partial charge in [-0.15, -0.1) is 11.3 Å². The lowest BCUT2D eigenvalue weighted by Crippen LogP contribution is -2.25. The van der Waals surface area contributed by atoms with Gasteiger partial charge in [0.2, 0.25) is 0 Å². The van der Waals surface area contributed by atoms with E-state index in [9.17, 15) is 14.0 Å². The van der Waals surface area contributed by atoms with Crippen LogP contribution in [0.3, 0.4) is 0 Å². The smallest absolute Gasteiger partial charge is 0.275 e. The van der Waals surface area contributed by atoms with Gasteiger partial charge in [-0.25, -0.2) is 9.37 Å². The molecule has 1 saturated carbocycles. The summed E-state index contributed by atoms with van der Waals surface area (Å²) < 4.78 is 13.0. The summed E-state index contributed by atoms with van der Waals surface area (Å²) in [5, 5.41) is 7.97. The van der Waals surface area contributed by atoms with Crippen LogP contribution in [0.25, 0.3) is 10.6 Å². The van der Waals surface area contributed by atoms with Gasteiger partial charge >= 0.3 is 0 Å². The van der Waals surface area contributed by atoms with Crippen LogP contribution in [0, 0.1) is 5.82 Å². The van der Waals surface area contributed by atoms with Gasteiger partial charge in [0, 0.05) is 28.2 Å². The van der Waals surface area contributed by atoms with E-state index in [1.807, 2.05) is 0 Å². The number of anilines is 1. The van der Waals surface area contributed by atoms with Crippen molar-refractivity contribution >= 4 is 28.8 Å².